The lowest BCUT2D eigenvalue weighted by Gasteiger charge is -2.18. The second kappa shape index (κ2) is 4.60. The zero-order chi connectivity index (χ0) is 10.8. The molecule has 1 aliphatic carbocycles. The molecule has 2 unspecified atom stereocenters. The molecule has 2 N–H and O–H groups in total. The summed E-state index contributed by atoms with van der Waals surface area (Å²) >= 11 is 11.8. The lowest BCUT2D eigenvalue weighted by molar-refractivity contribution is 0.192. The lowest BCUT2D eigenvalue weighted by atomic mass is 10.2. The highest BCUT2D eigenvalue weighted by atomic mass is 35.5. The van der Waals surface area contributed by atoms with Crippen LogP contribution in [0.4, 0.5) is 0 Å². The van der Waals surface area contributed by atoms with Gasteiger partial charge in [0.05, 0.1) is 0 Å². The van der Waals surface area contributed by atoms with E-state index in [0.29, 0.717) is 15.8 Å². The van der Waals surface area contributed by atoms with Gasteiger partial charge in [-0.1, -0.05) is 23.2 Å². The smallest absolute Gasteiger partial charge is 0.122 e. The fourth-order valence-electron chi connectivity index (χ4n) is 1.87. The summed E-state index contributed by atoms with van der Waals surface area (Å²) in [6.45, 7) is 0. The first-order valence-electron chi connectivity index (χ1n) is 5.03. The Kier molecular flexibility index (Phi) is 3.39. The van der Waals surface area contributed by atoms with Crippen LogP contribution in [-0.2, 0) is 0 Å². The molecule has 1 aromatic rings. The van der Waals surface area contributed by atoms with Gasteiger partial charge in [0.15, 0.2) is 0 Å². The van der Waals surface area contributed by atoms with Crippen molar-refractivity contribution in [3.05, 3.63) is 28.2 Å². The third-order valence-corrected chi connectivity index (χ3v) is 3.06. The molecule has 1 saturated carbocycles. The topological polar surface area (TPSA) is 35.2 Å². The van der Waals surface area contributed by atoms with E-state index >= 15 is 0 Å². The Labute approximate surface area is 99.3 Å². The summed E-state index contributed by atoms with van der Waals surface area (Å²) in [5, 5.41) is 1.17. The van der Waals surface area contributed by atoms with Crippen LogP contribution in [0.3, 0.4) is 0 Å². The first-order chi connectivity index (χ1) is 7.15. The van der Waals surface area contributed by atoms with Gasteiger partial charge in [0.25, 0.3) is 0 Å². The monoisotopic (exact) mass is 245 g/mol. The minimum Gasteiger partial charge on any atom is -0.489 e. The van der Waals surface area contributed by atoms with Gasteiger partial charge < -0.3 is 10.5 Å². The van der Waals surface area contributed by atoms with Crippen LogP contribution in [-0.4, -0.2) is 12.1 Å². The molecule has 1 aromatic carbocycles. The number of hydrogen-bond donors (Lipinski definition) is 1. The molecule has 2 atom stereocenters. The Balaban J connectivity index is 2.10. The van der Waals surface area contributed by atoms with E-state index in [4.69, 9.17) is 33.7 Å². The third-order valence-electron chi connectivity index (χ3n) is 2.63. The molecule has 0 heterocycles. The van der Waals surface area contributed by atoms with Crippen LogP contribution in [0.5, 0.6) is 5.75 Å². The second-order valence-corrected chi connectivity index (χ2v) is 4.73. The molecule has 2 rings (SSSR count). The van der Waals surface area contributed by atoms with Crippen molar-refractivity contribution in [2.75, 3.05) is 0 Å². The maximum atomic E-state index is 5.91. The van der Waals surface area contributed by atoms with Gasteiger partial charge in [-0.15, -0.1) is 0 Å². The molecular formula is C11H13Cl2NO. The van der Waals surface area contributed by atoms with Crippen LogP contribution in [0.25, 0.3) is 0 Å². The summed E-state index contributed by atoms with van der Waals surface area (Å²) in [7, 11) is 0. The minimum atomic E-state index is 0.0968. The van der Waals surface area contributed by atoms with Crippen LogP contribution in [0.15, 0.2) is 18.2 Å². The van der Waals surface area contributed by atoms with E-state index in [1.165, 1.54) is 0 Å². The van der Waals surface area contributed by atoms with Crippen molar-refractivity contribution in [2.24, 2.45) is 5.73 Å². The summed E-state index contributed by atoms with van der Waals surface area (Å²) in [6.07, 6.45) is 3.25. The van der Waals surface area contributed by atoms with Crippen LogP contribution < -0.4 is 10.5 Å². The van der Waals surface area contributed by atoms with Crippen LogP contribution in [0, 0.1) is 0 Å². The Morgan fingerprint density at radius 3 is 2.33 bits per heavy atom. The predicted octanol–water partition coefficient (Wildman–Crippen LogP) is 3.25. The van der Waals surface area contributed by atoms with Crippen molar-refractivity contribution in [1.29, 1.82) is 0 Å². The van der Waals surface area contributed by atoms with E-state index in [9.17, 15) is 0 Å². The standard InChI is InChI=1S/C11H13Cl2NO/c12-7-4-8(13)6-9(5-7)15-11-3-1-2-10(11)14/h4-6,10-11H,1-3,14H2. The van der Waals surface area contributed by atoms with E-state index in [2.05, 4.69) is 0 Å². The average molecular weight is 246 g/mol. The molecule has 0 aliphatic heterocycles. The van der Waals surface area contributed by atoms with Crippen molar-refractivity contribution in [1.82, 2.24) is 0 Å². The maximum Gasteiger partial charge on any atom is 0.122 e. The van der Waals surface area contributed by atoms with Crippen LogP contribution in [0.2, 0.25) is 10.0 Å². The number of halogens is 2. The Morgan fingerprint density at radius 2 is 1.80 bits per heavy atom. The highest BCUT2D eigenvalue weighted by molar-refractivity contribution is 6.34. The normalized spacial score (nSPS) is 25.5. The van der Waals surface area contributed by atoms with E-state index < -0.39 is 0 Å². The molecule has 2 nitrogen and oxygen atoms in total. The summed E-state index contributed by atoms with van der Waals surface area (Å²) in [5.41, 5.74) is 5.91. The number of nitrogens with two attached hydrogens (primary N) is 1. The Morgan fingerprint density at radius 1 is 1.13 bits per heavy atom. The predicted molar refractivity (Wildman–Crippen MR) is 62.7 cm³/mol. The molecule has 0 amide bonds. The second-order valence-electron chi connectivity index (χ2n) is 3.86. The van der Waals surface area contributed by atoms with Gasteiger partial charge in [-0.3, -0.25) is 0 Å². The summed E-state index contributed by atoms with van der Waals surface area (Å²) < 4.78 is 5.76. The molecule has 15 heavy (non-hydrogen) atoms. The number of ether oxygens (including phenoxy) is 1. The van der Waals surface area contributed by atoms with Gasteiger partial charge in [-0.25, -0.2) is 0 Å². The number of rotatable bonds is 2. The average Bonchev–Trinajstić information content (AvgIpc) is 2.50. The van der Waals surface area contributed by atoms with Crippen molar-refractivity contribution in [3.8, 4) is 5.75 Å². The highest BCUT2D eigenvalue weighted by Crippen LogP contribution is 2.28. The fourth-order valence-corrected chi connectivity index (χ4v) is 2.38. The van der Waals surface area contributed by atoms with E-state index in [-0.39, 0.29) is 12.1 Å². The van der Waals surface area contributed by atoms with Gasteiger partial charge >= 0.3 is 0 Å². The number of hydrogen-bond acceptors (Lipinski definition) is 2. The molecule has 0 spiro atoms. The van der Waals surface area contributed by atoms with Crippen molar-refractivity contribution in [2.45, 2.75) is 31.4 Å². The SMILES string of the molecule is NC1CCCC1Oc1cc(Cl)cc(Cl)c1. The molecule has 0 aromatic heterocycles. The summed E-state index contributed by atoms with van der Waals surface area (Å²) in [5.74, 6) is 0.704. The zero-order valence-corrected chi connectivity index (χ0v) is 9.76. The maximum absolute atomic E-state index is 5.91. The van der Waals surface area contributed by atoms with E-state index in [1.54, 1.807) is 18.2 Å². The molecule has 0 radical (unpaired) electrons. The molecule has 0 bridgehead atoms. The lowest BCUT2D eigenvalue weighted by Crippen LogP contribution is -2.33. The van der Waals surface area contributed by atoms with Crippen LogP contribution in [0.1, 0.15) is 19.3 Å². The van der Waals surface area contributed by atoms with Crippen molar-refractivity contribution < 1.29 is 4.74 Å². The van der Waals surface area contributed by atoms with Crippen molar-refractivity contribution >= 4 is 23.2 Å². The molecule has 82 valence electrons. The molecule has 0 saturated heterocycles. The first-order valence-corrected chi connectivity index (χ1v) is 5.79. The molecular weight excluding hydrogens is 233 g/mol. The molecule has 1 fully saturated rings. The van der Waals surface area contributed by atoms with Gasteiger partial charge in [0.2, 0.25) is 0 Å². The fraction of sp³-hybridized carbons (Fsp3) is 0.455. The van der Waals surface area contributed by atoms with Gasteiger partial charge in [0.1, 0.15) is 11.9 Å². The summed E-state index contributed by atoms with van der Waals surface area (Å²) in [4.78, 5) is 0. The van der Waals surface area contributed by atoms with E-state index in [1.807, 2.05) is 0 Å². The molecule has 1 aliphatic rings. The van der Waals surface area contributed by atoms with Crippen molar-refractivity contribution in [3.63, 3.8) is 0 Å². The summed E-state index contributed by atoms with van der Waals surface area (Å²) in [6, 6.07) is 5.34. The highest BCUT2D eigenvalue weighted by Gasteiger charge is 2.25. The van der Waals surface area contributed by atoms with Crippen LogP contribution >= 0.6 is 23.2 Å². The van der Waals surface area contributed by atoms with E-state index in [0.717, 1.165) is 19.3 Å². The number of benzene rings is 1. The zero-order valence-electron chi connectivity index (χ0n) is 8.25. The van der Waals surface area contributed by atoms with Gasteiger partial charge in [-0.05, 0) is 37.5 Å². The quantitative estimate of drug-likeness (QED) is 0.869. The minimum absolute atomic E-state index is 0.0968. The third kappa shape index (κ3) is 2.77. The first kappa shape index (κ1) is 11.1. The molecule has 4 heteroatoms. The largest absolute Gasteiger partial charge is 0.489 e. The van der Waals surface area contributed by atoms with Gasteiger partial charge in [0, 0.05) is 16.1 Å². The Bertz CT molecular complexity index is 336. The Hall–Kier alpha value is -0.440. The van der Waals surface area contributed by atoms with Gasteiger partial charge in [-0.2, -0.15) is 0 Å².